The highest BCUT2D eigenvalue weighted by Crippen LogP contribution is 2.32. The van der Waals surface area contributed by atoms with Gasteiger partial charge in [0.1, 0.15) is 17.6 Å². The van der Waals surface area contributed by atoms with Crippen LogP contribution in [0.3, 0.4) is 0 Å². The van der Waals surface area contributed by atoms with Crippen LogP contribution >= 0.6 is 11.6 Å². The normalized spacial score (nSPS) is 10.6. The molecule has 30 heavy (non-hydrogen) atoms. The number of halogens is 2. The molecule has 0 bridgehead atoms. The molecule has 0 saturated carbocycles. The fraction of sp³-hybridized carbons (Fsp3) is 0.0435. The molecule has 4 rings (SSSR count). The maximum atomic E-state index is 13.5. The third-order valence-electron chi connectivity index (χ3n) is 4.65. The summed E-state index contributed by atoms with van der Waals surface area (Å²) in [6, 6.07) is 19.1. The van der Waals surface area contributed by atoms with Gasteiger partial charge in [-0.3, -0.25) is 4.98 Å². The smallest absolute Gasteiger partial charge is 0.141 e. The molecule has 3 N–H and O–H groups in total. The van der Waals surface area contributed by atoms with Crippen molar-refractivity contribution in [1.82, 2.24) is 4.98 Å². The standard InChI is InChI=1S/C23H16ClFN4O/c24-19-10-17(5-7-20(19)25)29-23-15(11-26)13-28-21-8-6-16(9-18(21)23)27-12-14-3-1-2-4-22(14)30/h1-10,13,27,30H,12H2,(H,28,29). The lowest BCUT2D eigenvalue weighted by Gasteiger charge is -2.14. The quantitative estimate of drug-likeness (QED) is 0.372. The minimum atomic E-state index is -0.516. The number of para-hydroxylation sites is 1. The van der Waals surface area contributed by atoms with Gasteiger partial charge >= 0.3 is 0 Å². The molecule has 0 atom stereocenters. The summed E-state index contributed by atoms with van der Waals surface area (Å²) in [4.78, 5) is 4.34. The molecule has 1 aromatic heterocycles. The maximum Gasteiger partial charge on any atom is 0.141 e. The number of aromatic nitrogens is 1. The van der Waals surface area contributed by atoms with Crippen molar-refractivity contribution in [2.24, 2.45) is 0 Å². The molecule has 0 unspecified atom stereocenters. The second-order valence-electron chi connectivity index (χ2n) is 6.63. The Hall–Kier alpha value is -3.82. The van der Waals surface area contributed by atoms with Gasteiger partial charge < -0.3 is 15.7 Å². The SMILES string of the molecule is N#Cc1cnc2ccc(NCc3ccccc3O)cc2c1Nc1ccc(F)c(Cl)c1. The van der Waals surface area contributed by atoms with E-state index in [-0.39, 0.29) is 10.8 Å². The van der Waals surface area contributed by atoms with Gasteiger partial charge in [-0.25, -0.2) is 4.39 Å². The van der Waals surface area contributed by atoms with Gasteiger partial charge in [0, 0.05) is 35.1 Å². The second-order valence-corrected chi connectivity index (χ2v) is 7.03. The van der Waals surface area contributed by atoms with E-state index in [1.807, 2.05) is 30.3 Å². The zero-order valence-electron chi connectivity index (χ0n) is 15.7. The summed E-state index contributed by atoms with van der Waals surface area (Å²) in [7, 11) is 0. The lowest BCUT2D eigenvalue weighted by atomic mass is 10.1. The number of phenolic OH excluding ortho intramolecular Hbond substituents is 1. The Morgan fingerprint density at radius 1 is 1.07 bits per heavy atom. The lowest BCUT2D eigenvalue weighted by Crippen LogP contribution is -2.01. The predicted molar refractivity (Wildman–Crippen MR) is 117 cm³/mol. The van der Waals surface area contributed by atoms with Crippen LogP contribution in [0, 0.1) is 17.1 Å². The lowest BCUT2D eigenvalue weighted by molar-refractivity contribution is 0.469. The molecule has 0 aliphatic rings. The number of nitrogens with one attached hydrogen (secondary N) is 2. The van der Waals surface area contributed by atoms with Crippen molar-refractivity contribution >= 4 is 39.6 Å². The van der Waals surface area contributed by atoms with Gasteiger partial charge in [0.2, 0.25) is 0 Å². The molecular formula is C23H16ClFN4O. The van der Waals surface area contributed by atoms with Crippen LogP contribution in [0.5, 0.6) is 5.75 Å². The first-order chi connectivity index (χ1) is 14.5. The number of fused-ring (bicyclic) bond motifs is 1. The van der Waals surface area contributed by atoms with E-state index in [0.29, 0.717) is 29.0 Å². The van der Waals surface area contributed by atoms with E-state index >= 15 is 0 Å². The van der Waals surface area contributed by atoms with Crippen molar-refractivity contribution in [2.45, 2.75) is 6.54 Å². The third kappa shape index (κ3) is 3.97. The van der Waals surface area contributed by atoms with Crippen LogP contribution in [0.4, 0.5) is 21.5 Å². The van der Waals surface area contributed by atoms with Crippen molar-refractivity contribution in [1.29, 1.82) is 5.26 Å². The van der Waals surface area contributed by atoms with Crippen LogP contribution in [-0.4, -0.2) is 10.1 Å². The van der Waals surface area contributed by atoms with Crippen molar-refractivity contribution in [3.63, 3.8) is 0 Å². The highest BCUT2D eigenvalue weighted by atomic mass is 35.5. The Balaban J connectivity index is 1.71. The Kier molecular flexibility index (Phi) is 5.38. The molecule has 4 aromatic rings. The first kappa shape index (κ1) is 19.5. The number of phenols is 1. The Morgan fingerprint density at radius 2 is 1.87 bits per heavy atom. The third-order valence-corrected chi connectivity index (χ3v) is 4.94. The highest BCUT2D eigenvalue weighted by Gasteiger charge is 2.11. The van der Waals surface area contributed by atoms with Crippen molar-refractivity contribution in [2.75, 3.05) is 10.6 Å². The zero-order chi connectivity index (χ0) is 21.1. The molecule has 5 nitrogen and oxygen atoms in total. The second kappa shape index (κ2) is 8.27. The molecule has 1 heterocycles. The molecule has 0 spiro atoms. The number of rotatable bonds is 5. The van der Waals surface area contributed by atoms with Gasteiger partial charge in [0.25, 0.3) is 0 Å². The Bertz CT molecular complexity index is 1290. The summed E-state index contributed by atoms with van der Waals surface area (Å²) < 4.78 is 13.5. The van der Waals surface area contributed by atoms with Crippen LogP contribution in [0.15, 0.2) is 66.9 Å². The van der Waals surface area contributed by atoms with Crippen LogP contribution in [0.25, 0.3) is 10.9 Å². The molecule has 3 aromatic carbocycles. The first-order valence-corrected chi connectivity index (χ1v) is 9.48. The number of pyridine rings is 1. The van der Waals surface area contributed by atoms with Gasteiger partial charge in [-0.1, -0.05) is 29.8 Å². The van der Waals surface area contributed by atoms with Gasteiger partial charge in [0.05, 0.1) is 21.8 Å². The fourth-order valence-electron chi connectivity index (χ4n) is 3.10. The number of nitriles is 1. The van der Waals surface area contributed by atoms with Gasteiger partial charge in [0.15, 0.2) is 0 Å². The number of hydrogen-bond donors (Lipinski definition) is 3. The Labute approximate surface area is 177 Å². The largest absolute Gasteiger partial charge is 0.508 e. The average molecular weight is 419 g/mol. The summed E-state index contributed by atoms with van der Waals surface area (Å²) >= 11 is 5.89. The number of anilines is 3. The summed E-state index contributed by atoms with van der Waals surface area (Å²) in [5, 5.41) is 26.6. The summed E-state index contributed by atoms with van der Waals surface area (Å²) in [6.45, 7) is 0.430. The van der Waals surface area contributed by atoms with E-state index in [9.17, 15) is 14.8 Å². The van der Waals surface area contributed by atoms with E-state index in [1.165, 1.54) is 18.3 Å². The number of aromatic hydroxyl groups is 1. The van der Waals surface area contributed by atoms with E-state index in [4.69, 9.17) is 11.6 Å². The maximum absolute atomic E-state index is 13.5. The van der Waals surface area contributed by atoms with Crippen LogP contribution in [0.1, 0.15) is 11.1 Å². The van der Waals surface area contributed by atoms with Crippen molar-refractivity contribution < 1.29 is 9.50 Å². The van der Waals surface area contributed by atoms with Crippen molar-refractivity contribution in [3.05, 3.63) is 88.8 Å². The summed E-state index contributed by atoms with van der Waals surface area (Å²) in [5.41, 5.74) is 3.71. The van der Waals surface area contributed by atoms with Crippen LogP contribution in [0.2, 0.25) is 5.02 Å². The van der Waals surface area contributed by atoms with Crippen molar-refractivity contribution in [3.8, 4) is 11.8 Å². The minimum Gasteiger partial charge on any atom is -0.508 e. The van der Waals surface area contributed by atoms with E-state index < -0.39 is 5.82 Å². The minimum absolute atomic E-state index is 0.0121. The van der Waals surface area contributed by atoms with E-state index in [2.05, 4.69) is 21.7 Å². The molecule has 0 aliphatic carbocycles. The average Bonchev–Trinajstić information content (AvgIpc) is 2.76. The molecular weight excluding hydrogens is 403 g/mol. The summed E-state index contributed by atoms with van der Waals surface area (Å²) in [5.74, 6) is -0.298. The number of nitrogens with zero attached hydrogens (tertiary/aromatic N) is 2. The molecule has 0 fully saturated rings. The highest BCUT2D eigenvalue weighted by molar-refractivity contribution is 6.31. The molecule has 0 aliphatic heterocycles. The van der Waals surface area contributed by atoms with Crippen LogP contribution in [-0.2, 0) is 6.54 Å². The van der Waals surface area contributed by atoms with Gasteiger partial charge in [-0.15, -0.1) is 0 Å². The monoisotopic (exact) mass is 418 g/mol. The molecule has 148 valence electrons. The Morgan fingerprint density at radius 3 is 2.63 bits per heavy atom. The number of hydrogen-bond acceptors (Lipinski definition) is 5. The first-order valence-electron chi connectivity index (χ1n) is 9.11. The molecule has 0 saturated heterocycles. The topological polar surface area (TPSA) is 81.0 Å². The van der Waals surface area contributed by atoms with E-state index in [1.54, 1.807) is 18.2 Å². The fourth-order valence-corrected chi connectivity index (χ4v) is 3.28. The van der Waals surface area contributed by atoms with Gasteiger partial charge in [-0.05, 0) is 42.5 Å². The molecule has 0 amide bonds. The number of benzene rings is 3. The van der Waals surface area contributed by atoms with Gasteiger partial charge in [-0.2, -0.15) is 5.26 Å². The summed E-state index contributed by atoms with van der Waals surface area (Å²) in [6.07, 6.45) is 1.49. The van der Waals surface area contributed by atoms with Crippen LogP contribution < -0.4 is 10.6 Å². The van der Waals surface area contributed by atoms with E-state index in [0.717, 1.165) is 16.6 Å². The zero-order valence-corrected chi connectivity index (χ0v) is 16.4. The molecule has 7 heteroatoms. The predicted octanol–water partition coefficient (Wildman–Crippen LogP) is 5.96. The molecule has 0 radical (unpaired) electrons.